The lowest BCUT2D eigenvalue weighted by molar-refractivity contribution is 0.369. The zero-order valence-electron chi connectivity index (χ0n) is 19.4. The maximum absolute atomic E-state index is 2.45. The van der Waals surface area contributed by atoms with Gasteiger partial charge < -0.3 is 0 Å². The van der Waals surface area contributed by atoms with Crippen molar-refractivity contribution in [2.45, 2.75) is 39.5 Å². The van der Waals surface area contributed by atoms with Crippen LogP contribution in [0, 0.1) is 11.8 Å². The largest absolute Gasteiger partial charge is 0.0628 e. The fourth-order valence-corrected chi connectivity index (χ4v) is 5.50. The standard InChI is InChI=1S/C32H32/c1-22(2)18-23(3)30-21-28-15-14-26(24-10-6-4-7-11-24)19-31(28)32-20-27(16-17-29(30)32)25-12-8-5-9-13-25/h4-17,19-20,22-23,30H,18,21H2,1-3H3. The second kappa shape index (κ2) is 8.79. The Morgan fingerprint density at radius 2 is 1.19 bits per heavy atom. The van der Waals surface area contributed by atoms with Crippen molar-refractivity contribution in [3.8, 4) is 33.4 Å². The van der Waals surface area contributed by atoms with Crippen LogP contribution in [0.2, 0.25) is 0 Å². The number of hydrogen-bond donors (Lipinski definition) is 0. The molecule has 0 spiro atoms. The fourth-order valence-electron chi connectivity index (χ4n) is 5.50. The molecule has 0 aliphatic heterocycles. The summed E-state index contributed by atoms with van der Waals surface area (Å²) in [7, 11) is 0. The minimum Gasteiger partial charge on any atom is -0.0628 e. The third kappa shape index (κ3) is 4.02. The Hall–Kier alpha value is -3.12. The minimum atomic E-state index is 0.576. The summed E-state index contributed by atoms with van der Waals surface area (Å²) in [6.45, 7) is 7.14. The van der Waals surface area contributed by atoms with Crippen LogP contribution in [-0.4, -0.2) is 0 Å². The molecule has 0 nitrogen and oxygen atoms in total. The highest BCUT2D eigenvalue weighted by molar-refractivity contribution is 5.82. The van der Waals surface area contributed by atoms with Gasteiger partial charge in [-0.15, -0.1) is 0 Å². The van der Waals surface area contributed by atoms with E-state index in [2.05, 4.69) is 118 Å². The van der Waals surface area contributed by atoms with E-state index in [1.54, 1.807) is 0 Å². The predicted octanol–water partition coefficient (Wildman–Crippen LogP) is 9.01. The predicted molar refractivity (Wildman–Crippen MR) is 138 cm³/mol. The van der Waals surface area contributed by atoms with Crippen LogP contribution in [0.25, 0.3) is 33.4 Å². The Morgan fingerprint density at radius 3 is 1.78 bits per heavy atom. The molecule has 5 rings (SSSR count). The molecule has 0 saturated carbocycles. The zero-order chi connectivity index (χ0) is 22.1. The summed E-state index contributed by atoms with van der Waals surface area (Å²) in [6.07, 6.45) is 2.40. The summed E-state index contributed by atoms with van der Waals surface area (Å²) >= 11 is 0. The van der Waals surface area contributed by atoms with E-state index >= 15 is 0 Å². The van der Waals surface area contributed by atoms with Crippen LogP contribution in [0.15, 0.2) is 97.1 Å². The van der Waals surface area contributed by atoms with Gasteiger partial charge in [0.25, 0.3) is 0 Å². The molecular weight excluding hydrogens is 384 g/mol. The Labute approximate surface area is 193 Å². The molecule has 4 aromatic carbocycles. The highest BCUT2D eigenvalue weighted by Crippen LogP contribution is 2.46. The fraction of sp³-hybridized carbons (Fsp3) is 0.250. The van der Waals surface area contributed by atoms with Gasteiger partial charge in [0.2, 0.25) is 0 Å². The molecule has 2 atom stereocenters. The normalized spacial score (nSPS) is 15.8. The third-order valence-corrected chi connectivity index (χ3v) is 7.04. The van der Waals surface area contributed by atoms with Crippen molar-refractivity contribution in [1.29, 1.82) is 0 Å². The second-order valence-corrected chi connectivity index (χ2v) is 9.82. The second-order valence-electron chi connectivity index (χ2n) is 9.82. The first-order chi connectivity index (χ1) is 15.6. The average molecular weight is 417 g/mol. The summed E-state index contributed by atoms with van der Waals surface area (Å²) in [6, 6.07) is 35.8. The van der Waals surface area contributed by atoms with Gasteiger partial charge in [-0.1, -0.05) is 106 Å². The van der Waals surface area contributed by atoms with Crippen LogP contribution in [0.5, 0.6) is 0 Å². The Morgan fingerprint density at radius 1 is 0.625 bits per heavy atom. The van der Waals surface area contributed by atoms with Crippen LogP contribution in [-0.2, 0) is 6.42 Å². The zero-order valence-corrected chi connectivity index (χ0v) is 19.4. The van der Waals surface area contributed by atoms with Crippen LogP contribution >= 0.6 is 0 Å². The summed E-state index contributed by atoms with van der Waals surface area (Å²) in [5.41, 5.74) is 11.0. The smallest absolute Gasteiger partial charge is 0.00893 e. The van der Waals surface area contributed by atoms with E-state index in [0.717, 1.165) is 12.3 Å². The Kier molecular flexibility index (Phi) is 5.70. The molecule has 0 saturated heterocycles. The van der Waals surface area contributed by atoms with E-state index < -0.39 is 0 Å². The van der Waals surface area contributed by atoms with E-state index in [1.807, 2.05) is 0 Å². The lowest BCUT2D eigenvalue weighted by Crippen LogP contribution is -2.19. The number of benzene rings is 4. The Balaban J connectivity index is 1.65. The van der Waals surface area contributed by atoms with E-state index in [1.165, 1.54) is 50.9 Å². The number of hydrogen-bond acceptors (Lipinski definition) is 0. The minimum absolute atomic E-state index is 0.576. The lowest BCUT2D eigenvalue weighted by Gasteiger charge is -2.33. The van der Waals surface area contributed by atoms with Crippen molar-refractivity contribution >= 4 is 0 Å². The van der Waals surface area contributed by atoms with Crippen molar-refractivity contribution in [2.24, 2.45) is 11.8 Å². The van der Waals surface area contributed by atoms with Crippen molar-refractivity contribution in [3.05, 3.63) is 108 Å². The molecule has 0 heterocycles. The maximum atomic E-state index is 2.45. The molecule has 0 fully saturated rings. The lowest BCUT2D eigenvalue weighted by atomic mass is 9.71. The number of fused-ring (bicyclic) bond motifs is 3. The Bertz CT molecular complexity index is 1200. The van der Waals surface area contributed by atoms with Gasteiger partial charge in [0, 0.05) is 0 Å². The van der Waals surface area contributed by atoms with Gasteiger partial charge in [0.05, 0.1) is 0 Å². The SMILES string of the molecule is CC(C)CC(C)C1Cc2ccc(-c3ccccc3)cc2-c2cc(-c3ccccc3)ccc21. The van der Waals surface area contributed by atoms with Gasteiger partial charge in [0.1, 0.15) is 0 Å². The van der Waals surface area contributed by atoms with Crippen LogP contribution in [0.3, 0.4) is 0 Å². The van der Waals surface area contributed by atoms with Crippen LogP contribution < -0.4 is 0 Å². The summed E-state index contributed by atoms with van der Waals surface area (Å²) in [5, 5.41) is 0. The molecule has 0 N–H and O–H groups in total. The average Bonchev–Trinajstić information content (AvgIpc) is 2.83. The van der Waals surface area contributed by atoms with E-state index in [0.29, 0.717) is 11.8 Å². The molecule has 0 radical (unpaired) electrons. The molecule has 1 aliphatic carbocycles. The van der Waals surface area contributed by atoms with E-state index in [4.69, 9.17) is 0 Å². The molecule has 2 unspecified atom stereocenters. The third-order valence-electron chi connectivity index (χ3n) is 7.04. The summed E-state index contributed by atoms with van der Waals surface area (Å²) < 4.78 is 0. The van der Waals surface area contributed by atoms with Gasteiger partial charge in [-0.2, -0.15) is 0 Å². The number of rotatable bonds is 5. The maximum Gasteiger partial charge on any atom is -0.00893 e. The van der Waals surface area contributed by atoms with E-state index in [-0.39, 0.29) is 0 Å². The first-order valence-electron chi connectivity index (χ1n) is 12.0. The summed E-state index contributed by atoms with van der Waals surface area (Å²) in [5.74, 6) is 1.96. The topological polar surface area (TPSA) is 0 Å². The molecule has 0 aromatic heterocycles. The highest BCUT2D eigenvalue weighted by atomic mass is 14.3. The molecule has 0 amide bonds. The van der Waals surface area contributed by atoms with Crippen LogP contribution in [0.1, 0.15) is 44.2 Å². The van der Waals surface area contributed by atoms with E-state index in [9.17, 15) is 0 Å². The molecule has 32 heavy (non-hydrogen) atoms. The van der Waals surface area contributed by atoms with Gasteiger partial charge in [-0.05, 0) is 87.2 Å². The molecule has 4 aromatic rings. The first-order valence-corrected chi connectivity index (χ1v) is 12.0. The molecule has 0 bridgehead atoms. The molecule has 160 valence electrons. The van der Waals surface area contributed by atoms with Gasteiger partial charge in [-0.3, -0.25) is 0 Å². The quantitative estimate of drug-likeness (QED) is 0.304. The molecule has 0 heteroatoms. The van der Waals surface area contributed by atoms with Gasteiger partial charge in [-0.25, -0.2) is 0 Å². The van der Waals surface area contributed by atoms with Crippen molar-refractivity contribution in [3.63, 3.8) is 0 Å². The first kappa shape index (κ1) is 20.8. The van der Waals surface area contributed by atoms with Crippen molar-refractivity contribution < 1.29 is 0 Å². The van der Waals surface area contributed by atoms with Crippen LogP contribution in [0.4, 0.5) is 0 Å². The summed E-state index contributed by atoms with van der Waals surface area (Å²) in [4.78, 5) is 0. The van der Waals surface area contributed by atoms with Gasteiger partial charge in [0.15, 0.2) is 0 Å². The molecule has 1 aliphatic rings. The highest BCUT2D eigenvalue weighted by Gasteiger charge is 2.29. The van der Waals surface area contributed by atoms with Crippen molar-refractivity contribution in [1.82, 2.24) is 0 Å². The van der Waals surface area contributed by atoms with Crippen molar-refractivity contribution in [2.75, 3.05) is 0 Å². The monoisotopic (exact) mass is 416 g/mol. The molecular formula is C32H32. The van der Waals surface area contributed by atoms with Gasteiger partial charge >= 0.3 is 0 Å².